The number of nitrogens with one attached hydrogen (secondary N) is 1. The molecule has 2 atom stereocenters. The molecule has 0 aliphatic rings. The van der Waals surface area contributed by atoms with Crippen LogP contribution in [0.5, 0.6) is 0 Å². The first kappa shape index (κ1) is 25.9. The van der Waals surface area contributed by atoms with E-state index in [0.29, 0.717) is 10.6 Å². The zero-order valence-corrected chi connectivity index (χ0v) is 19.9. The Balaban J connectivity index is 1.66. The molecule has 0 spiro atoms. The smallest absolute Gasteiger partial charge is 0.341 e. The highest BCUT2D eigenvalue weighted by molar-refractivity contribution is 6.30. The third kappa shape index (κ3) is 6.90. The van der Waals surface area contributed by atoms with E-state index in [1.807, 2.05) is 42.5 Å². The lowest BCUT2D eigenvalue weighted by Gasteiger charge is -2.22. The van der Waals surface area contributed by atoms with Crippen molar-refractivity contribution in [3.05, 3.63) is 95.0 Å². The Bertz CT molecular complexity index is 1180. The van der Waals surface area contributed by atoms with E-state index in [1.165, 1.54) is 0 Å². The number of aliphatic carboxylic acids is 1. The van der Waals surface area contributed by atoms with Crippen LogP contribution in [-0.2, 0) is 9.59 Å². The molecule has 0 radical (unpaired) electrons. The molecule has 0 bridgehead atoms. The van der Waals surface area contributed by atoms with Crippen molar-refractivity contribution in [3.8, 4) is 11.1 Å². The van der Waals surface area contributed by atoms with Crippen LogP contribution in [0, 0.1) is 0 Å². The van der Waals surface area contributed by atoms with Crippen molar-refractivity contribution >= 4 is 29.2 Å². The van der Waals surface area contributed by atoms with Gasteiger partial charge in [-0.3, -0.25) is 4.79 Å². The maximum atomic E-state index is 15.5. The van der Waals surface area contributed by atoms with Gasteiger partial charge in [-0.15, -0.1) is 0 Å². The predicted molar refractivity (Wildman–Crippen MR) is 134 cm³/mol. The molecule has 0 aromatic heterocycles. The number of benzene rings is 3. The van der Waals surface area contributed by atoms with Crippen LogP contribution < -0.4 is 5.32 Å². The SMILES string of the molecule is CC(NC(=O)CCC(F)(CC(=NO)c1ccc(-c2ccc(Cl)cc2)cc1)C(=O)O)c1ccccc1. The van der Waals surface area contributed by atoms with Gasteiger partial charge < -0.3 is 15.6 Å². The molecule has 6 nitrogen and oxygen atoms in total. The van der Waals surface area contributed by atoms with Gasteiger partial charge in [0.2, 0.25) is 11.6 Å². The van der Waals surface area contributed by atoms with Crippen molar-refractivity contribution in [1.82, 2.24) is 5.32 Å². The Morgan fingerprint density at radius 2 is 1.57 bits per heavy atom. The summed E-state index contributed by atoms with van der Waals surface area (Å²) in [6, 6.07) is 22.9. The number of hydrogen-bond donors (Lipinski definition) is 3. The molecule has 182 valence electrons. The minimum absolute atomic E-state index is 0.129. The summed E-state index contributed by atoms with van der Waals surface area (Å²) in [6.45, 7) is 1.79. The van der Waals surface area contributed by atoms with Crippen LogP contribution in [0.25, 0.3) is 11.1 Å². The summed E-state index contributed by atoms with van der Waals surface area (Å²) in [7, 11) is 0. The third-order valence-electron chi connectivity index (χ3n) is 5.77. The lowest BCUT2D eigenvalue weighted by atomic mass is 9.90. The molecule has 35 heavy (non-hydrogen) atoms. The molecule has 0 aliphatic heterocycles. The summed E-state index contributed by atoms with van der Waals surface area (Å²) in [6.07, 6.45) is -1.60. The number of carboxylic acids is 1. The molecular weight excluding hydrogens is 471 g/mol. The number of carbonyl (C=O) groups is 2. The highest BCUT2D eigenvalue weighted by Gasteiger charge is 2.41. The molecule has 0 fully saturated rings. The minimum atomic E-state index is -2.79. The first-order chi connectivity index (χ1) is 16.7. The standard InChI is InChI=1S/C27H26ClFN2O4/c1-18(19-5-3-2-4-6-19)30-25(32)15-16-27(29,26(33)34)17-24(31-35)22-9-7-20(8-10-22)21-11-13-23(28)14-12-21/h2-14,18,35H,15-17H2,1H3,(H,30,32)(H,33,34). The molecule has 0 saturated heterocycles. The van der Waals surface area contributed by atoms with Gasteiger partial charge in [-0.05, 0) is 41.3 Å². The maximum absolute atomic E-state index is 15.5. The number of halogens is 2. The van der Waals surface area contributed by atoms with Gasteiger partial charge in [-0.1, -0.05) is 83.5 Å². The van der Waals surface area contributed by atoms with Gasteiger partial charge in [0.15, 0.2) is 0 Å². The van der Waals surface area contributed by atoms with Crippen LogP contribution in [0.4, 0.5) is 4.39 Å². The monoisotopic (exact) mass is 496 g/mol. The number of carboxylic acid groups (broad SMARTS) is 1. The molecule has 8 heteroatoms. The van der Waals surface area contributed by atoms with E-state index in [-0.39, 0.29) is 18.2 Å². The second-order valence-electron chi connectivity index (χ2n) is 8.28. The largest absolute Gasteiger partial charge is 0.479 e. The highest BCUT2D eigenvalue weighted by atomic mass is 35.5. The van der Waals surface area contributed by atoms with Crippen molar-refractivity contribution in [2.24, 2.45) is 5.16 Å². The van der Waals surface area contributed by atoms with Crippen molar-refractivity contribution in [3.63, 3.8) is 0 Å². The zero-order chi connectivity index (χ0) is 25.4. The Labute approximate surface area is 208 Å². The van der Waals surface area contributed by atoms with Crippen LogP contribution in [0.3, 0.4) is 0 Å². The van der Waals surface area contributed by atoms with Gasteiger partial charge in [0.25, 0.3) is 0 Å². The first-order valence-electron chi connectivity index (χ1n) is 11.1. The summed E-state index contributed by atoms with van der Waals surface area (Å²) in [4.78, 5) is 24.1. The Hall–Kier alpha value is -3.71. The van der Waals surface area contributed by atoms with Crippen LogP contribution in [0.15, 0.2) is 84.0 Å². The summed E-state index contributed by atoms with van der Waals surface area (Å²) < 4.78 is 15.5. The second-order valence-corrected chi connectivity index (χ2v) is 8.71. The maximum Gasteiger partial charge on any atom is 0.341 e. The fourth-order valence-electron chi connectivity index (χ4n) is 3.68. The van der Waals surface area contributed by atoms with Gasteiger partial charge >= 0.3 is 5.97 Å². The zero-order valence-electron chi connectivity index (χ0n) is 19.1. The third-order valence-corrected chi connectivity index (χ3v) is 6.02. The van der Waals surface area contributed by atoms with E-state index in [9.17, 15) is 19.9 Å². The average molecular weight is 497 g/mol. The van der Waals surface area contributed by atoms with E-state index in [0.717, 1.165) is 16.7 Å². The molecule has 0 aliphatic carbocycles. The Morgan fingerprint density at radius 1 is 1.00 bits per heavy atom. The van der Waals surface area contributed by atoms with Crippen LogP contribution >= 0.6 is 11.6 Å². The number of rotatable bonds is 10. The van der Waals surface area contributed by atoms with Crippen LogP contribution in [0.1, 0.15) is 43.4 Å². The van der Waals surface area contributed by atoms with Gasteiger partial charge in [-0.25, -0.2) is 9.18 Å². The number of alkyl halides is 1. The van der Waals surface area contributed by atoms with Crippen molar-refractivity contribution < 1.29 is 24.3 Å². The quantitative estimate of drug-likeness (QED) is 0.181. The normalized spacial score (nSPS) is 14.1. The summed E-state index contributed by atoms with van der Waals surface area (Å²) in [5.41, 5.74) is 0.0961. The second kappa shape index (κ2) is 11.6. The minimum Gasteiger partial charge on any atom is -0.479 e. The molecule has 3 aromatic rings. The molecule has 2 unspecified atom stereocenters. The topological polar surface area (TPSA) is 99.0 Å². The molecule has 0 heterocycles. The summed E-state index contributed by atoms with van der Waals surface area (Å²) in [5.74, 6) is -2.19. The Morgan fingerprint density at radius 3 is 2.11 bits per heavy atom. The van der Waals surface area contributed by atoms with Gasteiger partial charge in [0.1, 0.15) is 0 Å². The first-order valence-corrected chi connectivity index (χ1v) is 11.4. The molecule has 3 N–H and O–H groups in total. The Kier molecular flexibility index (Phi) is 8.60. The predicted octanol–water partition coefficient (Wildman–Crippen LogP) is 6.03. The molecular formula is C27H26ClFN2O4. The summed E-state index contributed by atoms with van der Waals surface area (Å²) in [5, 5.41) is 25.6. The van der Waals surface area contributed by atoms with Gasteiger partial charge in [0.05, 0.1) is 11.8 Å². The number of oxime groups is 1. The van der Waals surface area contributed by atoms with E-state index >= 15 is 4.39 Å². The van der Waals surface area contributed by atoms with E-state index in [2.05, 4.69) is 10.5 Å². The molecule has 3 rings (SSSR count). The van der Waals surface area contributed by atoms with Crippen LogP contribution in [-0.4, -0.2) is 33.6 Å². The lowest BCUT2D eigenvalue weighted by molar-refractivity contribution is -0.151. The van der Waals surface area contributed by atoms with Gasteiger partial charge in [0, 0.05) is 24.3 Å². The average Bonchev–Trinajstić information content (AvgIpc) is 2.87. The van der Waals surface area contributed by atoms with Crippen molar-refractivity contribution in [2.75, 3.05) is 0 Å². The van der Waals surface area contributed by atoms with Crippen molar-refractivity contribution in [1.29, 1.82) is 0 Å². The number of carbonyl (C=O) groups excluding carboxylic acids is 1. The fraction of sp³-hybridized carbons (Fsp3) is 0.222. The number of nitrogens with zero attached hydrogens (tertiary/aromatic N) is 1. The highest BCUT2D eigenvalue weighted by Crippen LogP contribution is 2.28. The van der Waals surface area contributed by atoms with Gasteiger partial charge in [-0.2, -0.15) is 0 Å². The van der Waals surface area contributed by atoms with E-state index in [1.54, 1.807) is 43.3 Å². The van der Waals surface area contributed by atoms with E-state index in [4.69, 9.17) is 11.6 Å². The number of amides is 1. The van der Waals surface area contributed by atoms with Crippen molar-refractivity contribution in [2.45, 2.75) is 37.9 Å². The van der Waals surface area contributed by atoms with E-state index < -0.39 is 30.4 Å². The summed E-state index contributed by atoms with van der Waals surface area (Å²) >= 11 is 5.92. The molecule has 0 saturated carbocycles. The molecule has 3 aromatic carbocycles. The lowest BCUT2D eigenvalue weighted by Crippen LogP contribution is -2.38. The van der Waals surface area contributed by atoms with Crippen LogP contribution in [0.2, 0.25) is 5.02 Å². The number of hydrogen-bond acceptors (Lipinski definition) is 4. The fourth-order valence-corrected chi connectivity index (χ4v) is 3.81. The molecule has 1 amide bonds.